The monoisotopic (exact) mass is 1140 g/mol. The molecule has 82 heavy (non-hydrogen) atoms. The highest BCUT2D eigenvalue weighted by Crippen LogP contribution is 2.18. The van der Waals surface area contributed by atoms with E-state index in [0.717, 1.165) is 116 Å². The normalized spacial score (nSPS) is 12.6. The van der Waals surface area contributed by atoms with Crippen LogP contribution in [0, 0.1) is 0 Å². The topological polar surface area (TPSA) is 78.9 Å². The van der Waals surface area contributed by atoms with Crippen molar-refractivity contribution in [1.29, 1.82) is 0 Å². The minimum absolute atomic E-state index is 0.0886. The fourth-order valence-electron chi connectivity index (χ4n) is 10.3. The van der Waals surface area contributed by atoms with Crippen LogP contribution in [-0.4, -0.2) is 37.2 Å². The zero-order chi connectivity index (χ0) is 59.2. The van der Waals surface area contributed by atoms with Crippen LogP contribution in [0.25, 0.3) is 0 Å². The van der Waals surface area contributed by atoms with Gasteiger partial charge >= 0.3 is 17.9 Å². The molecule has 0 fully saturated rings. The molecule has 0 aromatic rings. The largest absolute Gasteiger partial charge is 0.462 e. The first-order valence-corrected chi connectivity index (χ1v) is 35.6. The van der Waals surface area contributed by atoms with E-state index < -0.39 is 6.10 Å². The standard InChI is InChI=1S/C76H134O6/c1-4-7-10-13-16-19-22-25-27-29-30-31-32-33-34-35-36-37-38-39-40-41-42-43-44-45-46-47-49-51-54-57-60-63-66-69-75(78)81-72-73(71-80-74(77)68-65-62-59-56-53-50-24-21-18-15-12-9-6-3)82-76(79)70-67-64-61-58-55-52-48-28-26-23-20-17-14-11-8-5-2/h9,12,18,20-23,25,28-30,48,50,53,73H,4-8,10-11,13-17,19,24,26-27,31-47,49,51-52,54-72H2,1-3H3/b12-9-,21-18-,23-20-,25-22-,30-29-,48-28-,53-50-. The maximum Gasteiger partial charge on any atom is 0.306 e. The van der Waals surface area contributed by atoms with E-state index in [-0.39, 0.29) is 31.1 Å². The summed E-state index contributed by atoms with van der Waals surface area (Å²) in [5, 5.41) is 0. The van der Waals surface area contributed by atoms with Gasteiger partial charge < -0.3 is 14.2 Å². The number of unbranched alkanes of at least 4 members (excludes halogenated alkanes) is 40. The van der Waals surface area contributed by atoms with Crippen molar-refractivity contribution in [3.63, 3.8) is 0 Å². The molecule has 0 radical (unpaired) electrons. The Hall–Kier alpha value is -3.41. The van der Waals surface area contributed by atoms with Crippen molar-refractivity contribution in [3.8, 4) is 0 Å². The van der Waals surface area contributed by atoms with Crippen LogP contribution in [0.5, 0.6) is 0 Å². The molecule has 1 unspecified atom stereocenters. The number of hydrogen-bond acceptors (Lipinski definition) is 6. The molecule has 0 aliphatic heterocycles. The molecular formula is C76H134O6. The minimum atomic E-state index is -0.796. The molecule has 0 aromatic carbocycles. The van der Waals surface area contributed by atoms with E-state index in [1.807, 2.05) is 0 Å². The lowest BCUT2D eigenvalue weighted by Crippen LogP contribution is -2.30. The van der Waals surface area contributed by atoms with Crippen molar-refractivity contribution in [2.24, 2.45) is 0 Å². The summed E-state index contributed by atoms with van der Waals surface area (Å²) in [7, 11) is 0. The second kappa shape index (κ2) is 70.1. The summed E-state index contributed by atoms with van der Waals surface area (Å²) in [6, 6.07) is 0. The van der Waals surface area contributed by atoms with E-state index in [4.69, 9.17) is 14.2 Å². The Kier molecular flexibility index (Phi) is 67.2. The van der Waals surface area contributed by atoms with Crippen LogP contribution in [0.2, 0.25) is 0 Å². The third kappa shape index (κ3) is 67.4. The Balaban J connectivity index is 4.11. The fraction of sp³-hybridized carbons (Fsp3) is 0.776. The lowest BCUT2D eigenvalue weighted by atomic mass is 10.0. The molecule has 0 aliphatic carbocycles. The van der Waals surface area contributed by atoms with Crippen LogP contribution in [0.15, 0.2) is 85.1 Å². The lowest BCUT2D eigenvalue weighted by Gasteiger charge is -2.18. The van der Waals surface area contributed by atoms with E-state index >= 15 is 0 Å². The molecule has 0 aliphatic rings. The van der Waals surface area contributed by atoms with Gasteiger partial charge in [-0.1, -0.05) is 311 Å². The average molecular weight is 1140 g/mol. The van der Waals surface area contributed by atoms with Crippen molar-refractivity contribution in [2.45, 2.75) is 367 Å². The molecule has 1 atom stereocenters. The number of carbonyl (C=O) groups is 3. The Bertz CT molecular complexity index is 1550. The smallest absolute Gasteiger partial charge is 0.306 e. The van der Waals surface area contributed by atoms with Crippen molar-refractivity contribution in [1.82, 2.24) is 0 Å². The maximum atomic E-state index is 12.9. The van der Waals surface area contributed by atoms with E-state index in [0.29, 0.717) is 19.3 Å². The lowest BCUT2D eigenvalue weighted by molar-refractivity contribution is -0.167. The summed E-state index contributed by atoms with van der Waals surface area (Å²) in [5.41, 5.74) is 0. The number of hydrogen-bond donors (Lipinski definition) is 0. The third-order valence-corrected chi connectivity index (χ3v) is 15.6. The van der Waals surface area contributed by atoms with E-state index in [9.17, 15) is 14.4 Å². The molecule has 0 rings (SSSR count). The minimum Gasteiger partial charge on any atom is -0.462 e. The highest BCUT2D eigenvalue weighted by Gasteiger charge is 2.19. The summed E-state index contributed by atoms with van der Waals surface area (Å²) in [4.78, 5) is 38.3. The summed E-state index contributed by atoms with van der Waals surface area (Å²) >= 11 is 0. The fourth-order valence-corrected chi connectivity index (χ4v) is 10.3. The SMILES string of the molecule is CC/C=C\C/C=C\C/C=C\CCCCCC(=O)OCC(COC(=O)CCCCCCCCCCCCCCCCCCCCCCCCC/C=C\C/C=C\CCCCCCC)OC(=O)CCCCCCC/C=C\C/C=C\CCCCCC. The van der Waals surface area contributed by atoms with Crippen LogP contribution in [-0.2, 0) is 28.6 Å². The summed E-state index contributed by atoms with van der Waals surface area (Å²) in [6.45, 7) is 6.50. The quantitative estimate of drug-likeness (QED) is 0.0261. The number of ether oxygens (including phenoxy) is 3. The molecule has 0 spiro atoms. The zero-order valence-corrected chi connectivity index (χ0v) is 54.5. The highest BCUT2D eigenvalue weighted by atomic mass is 16.6. The number of carbonyl (C=O) groups excluding carboxylic acids is 3. The van der Waals surface area contributed by atoms with Gasteiger partial charge in [-0.2, -0.15) is 0 Å². The van der Waals surface area contributed by atoms with Gasteiger partial charge in [0, 0.05) is 19.3 Å². The molecule has 474 valence electrons. The molecule has 0 heterocycles. The van der Waals surface area contributed by atoms with Crippen LogP contribution < -0.4 is 0 Å². The molecule has 6 nitrogen and oxygen atoms in total. The first kappa shape index (κ1) is 78.6. The molecule has 0 N–H and O–H groups in total. The van der Waals surface area contributed by atoms with Gasteiger partial charge in [-0.05, 0) is 116 Å². The van der Waals surface area contributed by atoms with E-state index in [1.165, 1.54) is 205 Å². The van der Waals surface area contributed by atoms with E-state index in [1.54, 1.807) is 0 Å². The Morgan fingerprint density at radius 2 is 0.476 bits per heavy atom. The van der Waals surface area contributed by atoms with Gasteiger partial charge in [0.1, 0.15) is 13.2 Å². The molecular weight excluding hydrogens is 1010 g/mol. The third-order valence-electron chi connectivity index (χ3n) is 15.6. The van der Waals surface area contributed by atoms with Gasteiger partial charge in [0.2, 0.25) is 0 Å². The molecule has 0 bridgehead atoms. The highest BCUT2D eigenvalue weighted by molar-refractivity contribution is 5.71. The van der Waals surface area contributed by atoms with Gasteiger partial charge in [-0.15, -0.1) is 0 Å². The number of esters is 3. The second-order valence-corrected chi connectivity index (χ2v) is 23.8. The van der Waals surface area contributed by atoms with Gasteiger partial charge in [0.15, 0.2) is 6.10 Å². The van der Waals surface area contributed by atoms with Gasteiger partial charge in [-0.3, -0.25) is 14.4 Å². The van der Waals surface area contributed by atoms with Gasteiger partial charge in [-0.25, -0.2) is 0 Å². The first-order valence-electron chi connectivity index (χ1n) is 35.6. The Morgan fingerprint density at radius 3 is 0.768 bits per heavy atom. The molecule has 0 aromatic heterocycles. The van der Waals surface area contributed by atoms with Crippen molar-refractivity contribution < 1.29 is 28.6 Å². The van der Waals surface area contributed by atoms with Gasteiger partial charge in [0.05, 0.1) is 0 Å². The predicted molar refractivity (Wildman–Crippen MR) is 358 cm³/mol. The molecule has 0 saturated heterocycles. The predicted octanol–water partition coefficient (Wildman–Crippen LogP) is 24.6. The summed E-state index contributed by atoms with van der Waals surface area (Å²) in [5.74, 6) is -0.918. The van der Waals surface area contributed by atoms with Crippen LogP contribution in [0.1, 0.15) is 361 Å². The van der Waals surface area contributed by atoms with Crippen molar-refractivity contribution in [3.05, 3.63) is 85.1 Å². The van der Waals surface area contributed by atoms with Crippen molar-refractivity contribution in [2.75, 3.05) is 13.2 Å². The average Bonchev–Trinajstić information content (AvgIpc) is 3.47. The van der Waals surface area contributed by atoms with Crippen LogP contribution in [0.4, 0.5) is 0 Å². The summed E-state index contributed by atoms with van der Waals surface area (Å²) < 4.78 is 16.9. The molecule has 0 saturated carbocycles. The van der Waals surface area contributed by atoms with Crippen LogP contribution >= 0.6 is 0 Å². The molecule has 0 amide bonds. The van der Waals surface area contributed by atoms with E-state index in [2.05, 4.69) is 106 Å². The first-order chi connectivity index (χ1) is 40.5. The second-order valence-electron chi connectivity index (χ2n) is 23.8. The Morgan fingerprint density at radius 1 is 0.256 bits per heavy atom. The van der Waals surface area contributed by atoms with Crippen molar-refractivity contribution >= 4 is 17.9 Å². The zero-order valence-electron chi connectivity index (χ0n) is 54.5. The van der Waals surface area contributed by atoms with Crippen LogP contribution in [0.3, 0.4) is 0 Å². The number of rotatable bonds is 65. The maximum absolute atomic E-state index is 12.9. The van der Waals surface area contributed by atoms with Gasteiger partial charge in [0.25, 0.3) is 0 Å². The number of allylic oxidation sites excluding steroid dienone is 14. The molecule has 6 heteroatoms. The summed E-state index contributed by atoms with van der Waals surface area (Å²) in [6.07, 6.45) is 93.5. The Labute approximate surface area is 509 Å².